The molecular formula is C19H22N2O. The summed E-state index contributed by atoms with van der Waals surface area (Å²) in [4.78, 5) is 14.8. The number of rotatable bonds is 2. The molecule has 1 saturated carbocycles. The van der Waals surface area contributed by atoms with Crippen molar-refractivity contribution in [3.05, 3.63) is 54.4 Å². The summed E-state index contributed by atoms with van der Waals surface area (Å²) < 4.78 is 2.05. The first-order valence-corrected chi connectivity index (χ1v) is 8.34. The van der Waals surface area contributed by atoms with Crippen molar-refractivity contribution < 1.29 is 4.79 Å². The van der Waals surface area contributed by atoms with Gasteiger partial charge in [0.25, 0.3) is 5.91 Å². The standard InChI is InChI=1S/C19H22N2O/c22-19(21-13-16-5-1-2-6-17(16)14-21)15-7-9-18(10-8-15)20-11-3-4-12-20/h3-4,7-12,16-17H,1-2,5-6,13-14H2. The summed E-state index contributed by atoms with van der Waals surface area (Å²) in [6, 6.07) is 12.0. The van der Waals surface area contributed by atoms with Gasteiger partial charge in [-0.05, 0) is 61.1 Å². The lowest BCUT2D eigenvalue weighted by molar-refractivity contribution is 0.0784. The number of carbonyl (C=O) groups excluding carboxylic acids is 1. The van der Waals surface area contributed by atoms with E-state index < -0.39 is 0 Å². The Morgan fingerprint density at radius 3 is 2.09 bits per heavy atom. The Bertz CT molecular complexity index is 631. The van der Waals surface area contributed by atoms with Gasteiger partial charge in [0.1, 0.15) is 0 Å². The molecule has 2 atom stereocenters. The van der Waals surface area contributed by atoms with Crippen LogP contribution in [0.5, 0.6) is 0 Å². The molecule has 1 saturated heterocycles. The number of aromatic nitrogens is 1. The summed E-state index contributed by atoms with van der Waals surface area (Å²) in [6.45, 7) is 1.92. The molecule has 1 aliphatic carbocycles. The van der Waals surface area contributed by atoms with Crippen molar-refractivity contribution in [1.82, 2.24) is 9.47 Å². The van der Waals surface area contributed by atoms with E-state index >= 15 is 0 Å². The number of hydrogen-bond donors (Lipinski definition) is 0. The fourth-order valence-corrected chi connectivity index (χ4v) is 4.04. The maximum atomic E-state index is 12.7. The summed E-state index contributed by atoms with van der Waals surface area (Å²) in [5.41, 5.74) is 1.91. The zero-order chi connectivity index (χ0) is 14.9. The number of hydrogen-bond acceptors (Lipinski definition) is 1. The molecule has 2 fully saturated rings. The summed E-state index contributed by atoms with van der Waals surface area (Å²) in [5, 5.41) is 0. The topological polar surface area (TPSA) is 25.2 Å². The van der Waals surface area contributed by atoms with E-state index in [1.165, 1.54) is 25.7 Å². The van der Waals surface area contributed by atoms with Gasteiger partial charge >= 0.3 is 0 Å². The van der Waals surface area contributed by atoms with Crippen molar-refractivity contribution in [2.75, 3.05) is 13.1 Å². The van der Waals surface area contributed by atoms with Crippen molar-refractivity contribution in [1.29, 1.82) is 0 Å². The second-order valence-electron chi connectivity index (χ2n) is 6.65. The summed E-state index contributed by atoms with van der Waals surface area (Å²) in [6.07, 6.45) is 9.33. The number of benzene rings is 1. The van der Waals surface area contributed by atoms with E-state index in [0.717, 1.165) is 36.2 Å². The van der Waals surface area contributed by atoms with E-state index in [1.54, 1.807) is 0 Å². The summed E-state index contributed by atoms with van der Waals surface area (Å²) >= 11 is 0. The molecule has 0 spiro atoms. The van der Waals surface area contributed by atoms with Crippen LogP contribution in [0.3, 0.4) is 0 Å². The van der Waals surface area contributed by atoms with E-state index in [4.69, 9.17) is 0 Å². The Morgan fingerprint density at radius 1 is 0.909 bits per heavy atom. The summed E-state index contributed by atoms with van der Waals surface area (Å²) in [7, 11) is 0. The molecule has 2 aromatic rings. The lowest BCUT2D eigenvalue weighted by Gasteiger charge is -2.22. The molecule has 1 amide bonds. The van der Waals surface area contributed by atoms with Crippen LogP contribution in [-0.2, 0) is 0 Å². The van der Waals surface area contributed by atoms with Crippen LogP contribution in [0.25, 0.3) is 5.69 Å². The first-order valence-electron chi connectivity index (χ1n) is 8.34. The number of likely N-dealkylation sites (tertiary alicyclic amines) is 1. The number of carbonyl (C=O) groups is 1. The van der Waals surface area contributed by atoms with E-state index in [2.05, 4.69) is 9.47 Å². The van der Waals surface area contributed by atoms with Crippen LogP contribution in [0.2, 0.25) is 0 Å². The van der Waals surface area contributed by atoms with Gasteiger partial charge in [-0.3, -0.25) is 4.79 Å². The van der Waals surface area contributed by atoms with Crippen LogP contribution in [0, 0.1) is 11.8 Å². The van der Waals surface area contributed by atoms with Gasteiger partial charge in [0.2, 0.25) is 0 Å². The highest BCUT2D eigenvalue weighted by molar-refractivity contribution is 5.94. The molecule has 1 aliphatic heterocycles. The molecule has 114 valence electrons. The van der Waals surface area contributed by atoms with Crippen LogP contribution in [0.1, 0.15) is 36.0 Å². The lowest BCUT2D eigenvalue weighted by Crippen LogP contribution is -2.28. The third-order valence-corrected chi connectivity index (χ3v) is 5.28. The molecule has 4 rings (SSSR count). The van der Waals surface area contributed by atoms with Crippen LogP contribution in [-0.4, -0.2) is 28.5 Å². The highest BCUT2D eigenvalue weighted by atomic mass is 16.2. The number of nitrogens with zero attached hydrogens (tertiary/aromatic N) is 2. The van der Waals surface area contributed by atoms with Crippen LogP contribution >= 0.6 is 0 Å². The quantitative estimate of drug-likeness (QED) is 0.828. The molecule has 1 aromatic carbocycles. The van der Waals surface area contributed by atoms with Crippen molar-refractivity contribution in [2.45, 2.75) is 25.7 Å². The molecule has 2 heterocycles. The monoisotopic (exact) mass is 294 g/mol. The van der Waals surface area contributed by atoms with Crippen molar-refractivity contribution >= 4 is 5.91 Å². The minimum atomic E-state index is 0.202. The molecule has 2 aliphatic rings. The lowest BCUT2D eigenvalue weighted by atomic mass is 9.82. The van der Waals surface area contributed by atoms with Crippen LogP contribution in [0.15, 0.2) is 48.8 Å². The van der Waals surface area contributed by atoms with Crippen molar-refractivity contribution in [3.63, 3.8) is 0 Å². The molecule has 1 aromatic heterocycles. The second-order valence-corrected chi connectivity index (χ2v) is 6.65. The maximum absolute atomic E-state index is 12.7. The third kappa shape index (κ3) is 2.45. The van der Waals surface area contributed by atoms with E-state index in [-0.39, 0.29) is 5.91 Å². The van der Waals surface area contributed by atoms with Gasteiger partial charge in [-0.25, -0.2) is 0 Å². The molecule has 0 radical (unpaired) electrons. The normalized spacial score (nSPS) is 24.3. The first kappa shape index (κ1) is 13.6. The predicted molar refractivity (Wildman–Crippen MR) is 87.1 cm³/mol. The zero-order valence-corrected chi connectivity index (χ0v) is 12.8. The van der Waals surface area contributed by atoms with E-state index in [1.807, 2.05) is 48.8 Å². The average Bonchev–Trinajstić information content (AvgIpc) is 3.23. The molecule has 0 bridgehead atoms. The smallest absolute Gasteiger partial charge is 0.253 e. The number of amides is 1. The van der Waals surface area contributed by atoms with Gasteiger partial charge in [-0.1, -0.05) is 12.8 Å². The van der Waals surface area contributed by atoms with Crippen molar-refractivity contribution in [2.24, 2.45) is 11.8 Å². The molecular weight excluding hydrogens is 272 g/mol. The summed E-state index contributed by atoms with van der Waals surface area (Å²) in [5.74, 6) is 1.70. The zero-order valence-electron chi connectivity index (χ0n) is 12.8. The van der Waals surface area contributed by atoms with Crippen LogP contribution in [0.4, 0.5) is 0 Å². The Labute approximate surface area is 131 Å². The van der Waals surface area contributed by atoms with Gasteiger partial charge in [-0.2, -0.15) is 0 Å². The SMILES string of the molecule is O=C(c1ccc(-n2cccc2)cc1)N1CC2CCCCC2C1. The minimum Gasteiger partial charge on any atom is -0.338 e. The molecule has 3 nitrogen and oxygen atoms in total. The largest absolute Gasteiger partial charge is 0.338 e. The highest BCUT2D eigenvalue weighted by Crippen LogP contribution is 2.36. The maximum Gasteiger partial charge on any atom is 0.253 e. The predicted octanol–water partition coefficient (Wildman–Crippen LogP) is 3.74. The molecule has 3 heteroatoms. The molecule has 0 N–H and O–H groups in total. The Hall–Kier alpha value is -2.03. The van der Waals surface area contributed by atoms with Crippen molar-refractivity contribution in [3.8, 4) is 5.69 Å². The number of fused-ring (bicyclic) bond motifs is 1. The van der Waals surface area contributed by atoms with Gasteiger partial charge in [0, 0.05) is 36.7 Å². The Morgan fingerprint density at radius 2 is 1.50 bits per heavy atom. The van der Waals surface area contributed by atoms with Gasteiger partial charge in [0.05, 0.1) is 0 Å². The average molecular weight is 294 g/mol. The third-order valence-electron chi connectivity index (χ3n) is 5.28. The highest BCUT2D eigenvalue weighted by Gasteiger charge is 2.36. The van der Waals surface area contributed by atoms with Crippen LogP contribution < -0.4 is 0 Å². The van der Waals surface area contributed by atoms with E-state index in [9.17, 15) is 4.79 Å². The Balaban J connectivity index is 1.49. The minimum absolute atomic E-state index is 0.202. The van der Waals surface area contributed by atoms with Gasteiger partial charge in [-0.15, -0.1) is 0 Å². The van der Waals surface area contributed by atoms with E-state index in [0.29, 0.717) is 0 Å². The first-order chi connectivity index (χ1) is 10.8. The molecule has 22 heavy (non-hydrogen) atoms. The second kappa shape index (κ2) is 5.64. The molecule has 2 unspecified atom stereocenters. The van der Waals surface area contributed by atoms with Gasteiger partial charge in [0.15, 0.2) is 0 Å². The fourth-order valence-electron chi connectivity index (χ4n) is 4.04. The van der Waals surface area contributed by atoms with Gasteiger partial charge < -0.3 is 9.47 Å². The fraction of sp³-hybridized carbons (Fsp3) is 0.421. The Kier molecular flexibility index (Phi) is 3.49.